The molecule has 0 aliphatic carbocycles. The van der Waals surface area contributed by atoms with Crippen LogP contribution in [0.2, 0.25) is 0 Å². The zero-order valence-electron chi connectivity index (χ0n) is 13.9. The number of benzene rings is 1. The number of hydrogen-bond acceptors (Lipinski definition) is 3. The van der Waals surface area contributed by atoms with E-state index in [-0.39, 0.29) is 18.3 Å². The maximum atomic E-state index is 6.11. The van der Waals surface area contributed by atoms with Crippen LogP contribution in [0.4, 0.5) is 0 Å². The Kier molecular flexibility index (Phi) is 3.62. The fourth-order valence-electron chi connectivity index (χ4n) is 2.45. The summed E-state index contributed by atoms with van der Waals surface area (Å²) in [6.45, 7) is 10.3. The van der Waals surface area contributed by atoms with Crippen molar-refractivity contribution in [1.82, 2.24) is 4.98 Å². The minimum absolute atomic E-state index is 0.328. The molecule has 0 spiro atoms. The maximum Gasteiger partial charge on any atom is 0.494 e. The molecule has 0 radical (unpaired) electrons. The van der Waals surface area contributed by atoms with E-state index in [0.29, 0.717) is 0 Å². The summed E-state index contributed by atoms with van der Waals surface area (Å²) >= 11 is 0. The van der Waals surface area contributed by atoms with Gasteiger partial charge in [-0.3, -0.25) is 4.98 Å². The summed E-state index contributed by atoms with van der Waals surface area (Å²) in [5, 5.41) is 0. The Hall–Kier alpha value is -1.65. The van der Waals surface area contributed by atoms with E-state index in [0.717, 1.165) is 16.7 Å². The van der Waals surface area contributed by atoms with E-state index >= 15 is 0 Å². The van der Waals surface area contributed by atoms with Crippen molar-refractivity contribution in [2.24, 2.45) is 0 Å². The molecule has 3 rings (SSSR count). The lowest BCUT2D eigenvalue weighted by Crippen LogP contribution is -2.41. The standard InChI is InChI=1S/C18H22BNO2/c1-13-6-8-14(9-7-13)16-12-15(10-11-20-16)19-21-17(2,3)18(4,5)22-19/h6-12H,1-5H3. The largest absolute Gasteiger partial charge is 0.494 e. The lowest BCUT2D eigenvalue weighted by atomic mass is 9.79. The molecule has 1 aliphatic rings. The highest BCUT2D eigenvalue weighted by molar-refractivity contribution is 6.62. The first-order valence-corrected chi connectivity index (χ1v) is 7.67. The van der Waals surface area contributed by atoms with E-state index in [9.17, 15) is 0 Å². The fraction of sp³-hybridized carbons (Fsp3) is 0.389. The summed E-state index contributed by atoms with van der Waals surface area (Å²) in [5.74, 6) is 0. The Labute approximate surface area is 132 Å². The van der Waals surface area contributed by atoms with Gasteiger partial charge in [-0.2, -0.15) is 0 Å². The first-order chi connectivity index (χ1) is 10.3. The van der Waals surface area contributed by atoms with Crippen molar-refractivity contribution in [1.29, 1.82) is 0 Å². The average molecular weight is 295 g/mol. The van der Waals surface area contributed by atoms with Gasteiger partial charge >= 0.3 is 7.12 Å². The molecule has 4 heteroatoms. The molecule has 0 N–H and O–H groups in total. The van der Waals surface area contributed by atoms with Crippen molar-refractivity contribution in [2.45, 2.75) is 45.8 Å². The van der Waals surface area contributed by atoms with E-state index < -0.39 is 0 Å². The number of aryl methyl sites for hydroxylation is 1. The fourth-order valence-corrected chi connectivity index (χ4v) is 2.45. The Morgan fingerprint density at radius 3 is 2.09 bits per heavy atom. The smallest absolute Gasteiger partial charge is 0.399 e. The molecule has 2 aromatic rings. The molecule has 1 aromatic heterocycles. The second-order valence-electron chi connectivity index (χ2n) is 6.93. The highest BCUT2D eigenvalue weighted by atomic mass is 16.7. The van der Waals surface area contributed by atoms with Crippen molar-refractivity contribution >= 4 is 12.6 Å². The van der Waals surface area contributed by atoms with Gasteiger partial charge in [0.1, 0.15) is 0 Å². The minimum Gasteiger partial charge on any atom is -0.399 e. The van der Waals surface area contributed by atoms with Crippen LogP contribution in [-0.2, 0) is 9.31 Å². The normalized spacial score (nSPS) is 19.4. The molecule has 0 amide bonds. The zero-order valence-corrected chi connectivity index (χ0v) is 13.9. The molecule has 0 unspecified atom stereocenters. The summed E-state index contributed by atoms with van der Waals surface area (Å²) in [7, 11) is -0.350. The zero-order chi connectivity index (χ0) is 16.0. The van der Waals surface area contributed by atoms with E-state index in [1.807, 2.05) is 18.3 Å². The van der Waals surface area contributed by atoms with Crippen LogP contribution in [0.15, 0.2) is 42.6 Å². The molecule has 1 aliphatic heterocycles. The number of nitrogens with zero attached hydrogens (tertiary/aromatic N) is 1. The van der Waals surface area contributed by atoms with Gasteiger partial charge in [0, 0.05) is 11.8 Å². The molecule has 2 heterocycles. The Bertz CT molecular complexity index is 664. The third-order valence-electron chi connectivity index (χ3n) is 4.66. The van der Waals surface area contributed by atoms with Crippen LogP contribution < -0.4 is 5.46 Å². The van der Waals surface area contributed by atoms with Crippen molar-refractivity contribution in [3.05, 3.63) is 48.2 Å². The van der Waals surface area contributed by atoms with Crippen LogP contribution in [0.5, 0.6) is 0 Å². The quantitative estimate of drug-likeness (QED) is 0.796. The molecule has 0 atom stereocenters. The number of pyridine rings is 1. The van der Waals surface area contributed by atoms with Gasteiger partial charge in [-0.1, -0.05) is 29.8 Å². The number of rotatable bonds is 2. The number of hydrogen-bond donors (Lipinski definition) is 0. The molecule has 0 saturated carbocycles. The summed E-state index contributed by atoms with van der Waals surface area (Å²) in [5.41, 5.74) is 3.63. The second-order valence-corrected chi connectivity index (χ2v) is 6.93. The van der Waals surface area contributed by atoms with Crippen LogP contribution in [0.3, 0.4) is 0 Å². The van der Waals surface area contributed by atoms with E-state index in [2.05, 4.69) is 63.9 Å². The van der Waals surface area contributed by atoms with Crippen LogP contribution in [0.25, 0.3) is 11.3 Å². The van der Waals surface area contributed by atoms with Gasteiger partial charge in [0.15, 0.2) is 0 Å². The van der Waals surface area contributed by atoms with Crippen molar-refractivity contribution in [3.8, 4) is 11.3 Å². The SMILES string of the molecule is Cc1ccc(-c2cc(B3OC(C)(C)C(C)(C)O3)ccn2)cc1. The Morgan fingerprint density at radius 2 is 1.50 bits per heavy atom. The van der Waals surface area contributed by atoms with Crippen molar-refractivity contribution in [3.63, 3.8) is 0 Å². The predicted molar refractivity (Wildman–Crippen MR) is 90.1 cm³/mol. The van der Waals surface area contributed by atoms with Gasteiger partial charge < -0.3 is 9.31 Å². The molecular weight excluding hydrogens is 273 g/mol. The molecular formula is C18H22BNO2. The molecule has 3 nitrogen and oxygen atoms in total. The van der Waals surface area contributed by atoms with Crippen LogP contribution >= 0.6 is 0 Å². The summed E-state index contributed by atoms with van der Waals surface area (Å²) < 4.78 is 12.2. The first-order valence-electron chi connectivity index (χ1n) is 7.67. The summed E-state index contributed by atoms with van der Waals surface area (Å²) in [6, 6.07) is 12.4. The highest BCUT2D eigenvalue weighted by Gasteiger charge is 2.51. The van der Waals surface area contributed by atoms with Gasteiger partial charge in [0.25, 0.3) is 0 Å². The Morgan fingerprint density at radius 1 is 0.909 bits per heavy atom. The van der Waals surface area contributed by atoms with Crippen LogP contribution in [0.1, 0.15) is 33.3 Å². The third-order valence-corrected chi connectivity index (χ3v) is 4.66. The lowest BCUT2D eigenvalue weighted by molar-refractivity contribution is 0.00578. The van der Waals surface area contributed by atoms with E-state index in [1.165, 1.54) is 5.56 Å². The maximum absolute atomic E-state index is 6.11. The van der Waals surface area contributed by atoms with Gasteiger partial charge in [0.2, 0.25) is 0 Å². The molecule has 1 saturated heterocycles. The monoisotopic (exact) mass is 295 g/mol. The number of aromatic nitrogens is 1. The van der Waals surface area contributed by atoms with Gasteiger partial charge in [-0.15, -0.1) is 0 Å². The summed E-state index contributed by atoms with van der Waals surface area (Å²) in [4.78, 5) is 4.47. The molecule has 22 heavy (non-hydrogen) atoms. The van der Waals surface area contributed by atoms with Crippen molar-refractivity contribution in [2.75, 3.05) is 0 Å². The van der Waals surface area contributed by atoms with Crippen LogP contribution in [0, 0.1) is 6.92 Å². The van der Waals surface area contributed by atoms with Crippen LogP contribution in [-0.4, -0.2) is 23.3 Å². The Balaban J connectivity index is 1.91. The van der Waals surface area contributed by atoms with Gasteiger partial charge in [0.05, 0.1) is 16.9 Å². The predicted octanol–water partition coefficient (Wildman–Crippen LogP) is 3.36. The first kappa shape index (κ1) is 15.3. The molecule has 1 aromatic carbocycles. The third kappa shape index (κ3) is 2.69. The van der Waals surface area contributed by atoms with Crippen molar-refractivity contribution < 1.29 is 9.31 Å². The van der Waals surface area contributed by atoms with E-state index in [4.69, 9.17) is 9.31 Å². The highest BCUT2D eigenvalue weighted by Crippen LogP contribution is 2.36. The molecule has 114 valence electrons. The van der Waals surface area contributed by atoms with E-state index in [1.54, 1.807) is 0 Å². The minimum atomic E-state index is -0.350. The molecule has 0 bridgehead atoms. The van der Waals surface area contributed by atoms with Gasteiger partial charge in [-0.25, -0.2) is 0 Å². The lowest BCUT2D eigenvalue weighted by Gasteiger charge is -2.32. The second kappa shape index (κ2) is 5.22. The van der Waals surface area contributed by atoms with Gasteiger partial charge in [-0.05, 0) is 52.2 Å². The average Bonchev–Trinajstić information content (AvgIpc) is 2.68. The summed E-state index contributed by atoms with van der Waals surface area (Å²) in [6.07, 6.45) is 1.82. The topological polar surface area (TPSA) is 31.4 Å². The molecule has 1 fully saturated rings.